The topological polar surface area (TPSA) is 231 Å². The number of phosphoric acid groups is 3. The van der Waals surface area contributed by atoms with Crippen LogP contribution in [-0.2, 0) is 89.3 Å². The lowest BCUT2D eigenvalue weighted by molar-refractivity contribution is -0.141. The molecule has 0 radical (unpaired) electrons. The number of nitrogens with one attached hydrogen (secondary N) is 2. The van der Waals surface area contributed by atoms with Gasteiger partial charge in [-0.2, -0.15) is 5.48 Å². The van der Waals surface area contributed by atoms with Crippen molar-refractivity contribution in [2.75, 3.05) is 87.8 Å². The van der Waals surface area contributed by atoms with E-state index in [1.165, 1.54) is 7.11 Å². The zero-order valence-electron chi connectivity index (χ0n) is 64.1. The number of carbonyl (C=O) groups is 1. The maximum absolute atomic E-state index is 13.1. The van der Waals surface area contributed by atoms with Crippen LogP contribution in [-0.4, -0.2) is 123 Å². The van der Waals surface area contributed by atoms with Gasteiger partial charge in [0.25, 0.3) is 0 Å². The van der Waals surface area contributed by atoms with Crippen LogP contribution in [0.4, 0.5) is 0 Å². The summed E-state index contributed by atoms with van der Waals surface area (Å²) in [5.74, 6) is 1.27. The number of hydrogen-bond donors (Lipinski definition) is 2. The van der Waals surface area contributed by atoms with Gasteiger partial charge in [-0.3, -0.25) is 50.8 Å². The van der Waals surface area contributed by atoms with E-state index in [4.69, 9.17) is 64.5 Å². The Morgan fingerprint density at radius 1 is 0.417 bits per heavy atom. The number of benzene rings is 6. The van der Waals surface area contributed by atoms with Gasteiger partial charge in [-0.05, 0) is 193 Å². The molecule has 0 aliphatic rings. The summed E-state index contributed by atoms with van der Waals surface area (Å²) >= 11 is 0. The van der Waals surface area contributed by atoms with E-state index in [1.807, 2.05) is 135 Å². The number of hydrogen-bond acceptors (Lipinski definition) is 21. The van der Waals surface area contributed by atoms with E-state index in [-0.39, 0.29) is 38.3 Å². The molecule has 4 unspecified atom stereocenters. The second kappa shape index (κ2) is 45.9. The number of phosphoric ester groups is 3. The quantitative estimate of drug-likeness (QED) is 0.0119. The molecule has 6 aromatic carbocycles. The molecule has 2 N–H and O–H groups in total. The van der Waals surface area contributed by atoms with Gasteiger partial charge in [-0.1, -0.05) is 158 Å². The molecule has 24 heteroatoms. The minimum Gasteiger partial charge on any atom is -0.497 e. The molecule has 0 saturated heterocycles. The molecule has 0 bridgehead atoms. The van der Waals surface area contributed by atoms with Gasteiger partial charge in [-0.25, -0.2) is 13.7 Å². The number of ether oxygens (including phenoxy) is 5. The fraction of sp³-hybridized carbons (Fsp3) is 0.532. The van der Waals surface area contributed by atoms with Crippen LogP contribution in [0.2, 0.25) is 0 Å². The second-order valence-electron chi connectivity index (χ2n) is 27.4. The number of unbranched alkanes of at least 4 members (excludes halogenated alkanes) is 5. The highest BCUT2D eigenvalue weighted by molar-refractivity contribution is 7.49. The van der Waals surface area contributed by atoms with Crippen molar-refractivity contribution in [2.24, 2.45) is 0 Å². The van der Waals surface area contributed by atoms with Crippen molar-refractivity contribution >= 4 is 29.4 Å². The summed E-state index contributed by atoms with van der Waals surface area (Å²) in [5.41, 5.74) is 6.82. The minimum absolute atomic E-state index is 0.102. The second-order valence-corrected chi connectivity index (χ2v) is 32.1. The molecule has 4 atom stereocenters. The van der Waals surface area contributed by atoms with Crippen molar-refractivity contribution in [1.82, 2.24) is 10.8 Å². The van der Waals surface area contributed by atoms with Gasteiger partial charge < -0.3 is 28.5 Å². The average Bonchev–Trinajstić information content (AvgIpc) is 0.763. The Morgan fingerprint density at radius 2 is 0.786 bits per heavy atom. The number of carbonyl (C=O) groups excluding carboxylic acids is 1. The van der Waals surface area contributed by atoms with Gasteiger partial charge in [0.05, 0.1) is 102 Å². The molecule has 0 amide bonds. The molecule has 574 valence electrons. The Bertz CT molecular complexity index is 3310. The third kappa shape index (κ3) is 33.5. The summed E-state index contributed by atoms with van der Waals surface area (Å²) in [5, 5.41) is 3.90. The van der Waals surface area contributed by atoms with Crippen LogP contribution >= 0.6 is 23.5 Å². The summed E-state index contributed by atoms with van der Waals surface area (Å²) in [7, 11) is -4.82. The van der Waals surface area contributed by atoms with Gasteiger partial charge in [0.1, 0.15) is 17.0 Å². The van der Waals surface area contributed by atoms with E-state index in [0.717, 1.165) is 96.4 Å². The van der Waals surface area contributed by atoms with Crippen molar-refractivity contribution < 1.29 is 87.7 Å². The predicted octanol–water partition coefficient (Wildman–Crippen LogP) is 19.1. The van der Waals surface area contributed by atoms with Crippen LogP contribution in [0.25, 0.3) is 0 Å². The first kappa shape index (κ1) is 89.9. The molecule has 0 spiro atoms. The van der Waals surface area contributed by atoms with Gasteiger partial charge in [0, 0.05) is 20.1 Å². The zero-order chi connectivity index (χ0) is 75.9. The van der Waals surface area contributed by atoms with Crippen LogP contribution in [0.5, 0.6) is 11.5 Å². The Morgan fingerprint density at radius 3 is 1.20 bits per heavy atom. The molecular formula is C79H119N2O19P3. The monoisotopic (exact) mass is 1490 g/mol. The van der Waals surface area contributed by atoms with E-state index in [9.17, 15) is 18.5 Å². The standard InChI is InChI=1S/C33H46NO7P.C32H44NO5P.C14H29O7P/c1-32(2,3)41-42(35,40-27-26-36-4)39-25-15-7-6-14-24-38-34-33(28-16-10-8-11-17-28,29-18-12-9-13-19-29)30-20-22-31(37-5)23-21-30;1-26(2)37-39(34,38-31(3,4)5)36-25-15-9-14-24-33-32(27-16-10-7-11-17-27,28-18-12-8-13-19-28)29-20-22-30(35-6)23-21-29;1-7-18-10-11-19-22(16,21-14(3,4)5)20-12(2)8-9-13(15)17-6/h8-13,16-23,34H,6-7,14-15,24-27H2,1-5H3;7-8,10-13,16-23,26,33H,9,14-15,24-25H2,1-6H3;12H,7-11H2,1-6H3. The van der Waals surface area contributed by atoms with E-state index in [0.29, 0.717) is 39.5 Å². The van der Waals surface area contributed by atoms with E-state index in [1.54, 1.807) is 49.0 Å². The van der Waals surface area contributed by atoms with Crippen LogP contribution in [0.3, 0.4) is 0 Å². The SMILES string of the molecule is CCOCCOP(=O)(OC(C)CCC(=O)OC)OC(C)(C)C.COCCOP(=O)(OCCCCCCONC(c1ccccc1)(c1ccccc1)c1ccc(OC)cc1)OC(C)(C)C.COc1ccc(C(NCCCCCOP(=O)(OC(C)C)OC(C)(C)C)(c2ccccc2)c2ccccc2)cc1. The largest absolute Gasteiger partial charge is 0.497 e. The zero-order valence-corrected chi connectivity index (χ0v) is 66.8. The summed E-state index contributed by atoms with van der Waals surface area (Å²) in [6.07, 6.45) is 5.73. The van der Waals surface area contributed by atoms with Crippen molar-refractivity contribution in [3.05, 3.63) is 203 Å². The molecule has 6 aromatic rings. The molecule has 21 nitrogen and oxygen atoms in total. The Hall–Kier alpha value is -5.48. The van der Waals surface area contributed by atoms with Gasteiger partial charge in [0.15, 0.2) is 0 Å². The molecule has 0 aromatic heterocycles. The number of hydroxylamine groups is 1. The predicted molar refractivity (Wildman–Crippen MR) is 406 cm³/mol. The molecule has 0 aliphatic heterocycles. The van der Waals surface area contributed by atoms with E-state index in [2.05, 4.69) is 113 Å². The first-order valence-corrected chi connectivity index (χ1v) is 40.0. The molecule has 6 rings (SSSR count). The number of rotatable bonds is 45. The fourth-order valence-electron chi connectivity index (χ4n) is 10.5. The summed E-state index contributed by atoms with van der Waals surface area (Å²) in [6, 6.07) is 58.0. The summed E-state index contributed by atoms with van der Waals surface area (Å²) in [6.45, 7) is 26.7. The van der Waals surface area contributed by atoms with Gasteiger partial charge in [0.2, 0.25) is 0 Å². The third-order valence-electron chi connectivity index (χ3n) is 15.0. The van der Waals surface area contributed by atoms with Crippen LogP contribution in [0.1, 0.15) is 181 Å². The van der Waals surface area contributed by atoms with E-state index < -0.39 is 57.5 Å². The van der Waals surface area contributed by atoms with Crippen molar-refractivity contribution in [2.45, 2.75) is 188 Å². The highest BCUT2D eigenvalue weighted by Crippen LogP contribution is 2.56. The summed E-state index contributed by atoms with van der Waals surface area (Å²) < 4.78 is 114. The smallest absolute Gasteiger partial charge is 0.475 e. The Balaban J connectivity index is 0.000000344. The molecular weight excluding hydrogens is 1370 g/mol. The van der Waals surface area contributed by atoms with E-state index >= 15 is 0 Å². The van der Waals surface area contributed by atoms with Crippen molar-refractivity contribution in [3.8, 4) is 11.5 Å². The minimum atomic E-state index is -3.74. The first-order chi connectivity index (χ1) is 48.9. The molecule has 0 heterocycles. The Kier molecular flexibility index (Phi) is 40.1. The Labute approximate surface area is 615 Å². The molecule has 103 heavy (non-hydrogen) atoms. The number of esters is 1. The lowest BCUT2D eigenvalue weighted by atomic mass is 9.77. The molecule has 0 aliphatic carbocycles. The maximum Gasteiger partial charge on any atom is 0.475 e. The molecule has 0 fully saturated rings. The number of methoxy groups -OCH3 is 4. The van der Waals surface area contributed by atoms with Crippen LogP contribution < -0.4 is 20.3 Å². The van der Waals surface area contributed by atoms with Crippen LogP contribution in [0.15, 0.2) is 170 Å². The van der Waals surface area contributed by atoms with Gasteiger partial charge in [-0.15, -0.1) is 0 Å². The summed E-state index contributed by atoms with van der Waals surface area (Å²) in [4.78, 5) is 17.3. The fourth-order valence-corrected chi connectivity index (χ4v) is 15.4. The average molecular weight is 1490 g/mol. The first-order valence-electron chi connectivity index (χ1n) is 35.6. The highest BCUT2D eigenvalue weighted by Gasteiger charge is 2.40. The third-order valence-corrected chi connectivity index (χ3v) is 20.6. The van der Waals surface area contributed by atoms with Gasteiger partial charge >= 0.3 is 29.4 Å². The van der Waals surface area contributed by atoms with Crippen molar-refractivity contribution in [1.29, 1.82) is 0 Å². The normalized spacial score (nSPS) is 14.2. The highest BCUT2D eigenvalue weighted by atomic mass is 31.2. The molecule has 0 saturated carbocycles. The van der Waals surface area contributed by atoms with Crippen molar-refractivity contribution in [3.63, 3.8) is 0 Å². The maximum atomic E-state index is 13.1. The lowest BCUT2D eigenvalue weighted by Crippen LogP contribution is -2.45. The lowest BCUT2D eigenvalue weighted by Gasteiger charge is -2.37. The van der Waals surface area contributed by atoms with Crippen LogP contribution in [0, 0.1) is 0 Å².